The Hall–Kier alpha value is -4.16. The van der Waals surface area contributed by atoms with E-state index < -0.39 is 18.4 Å². The van der Waals surface area contributed by atoms with Crippen molar-refractivity contribution in [2.24, 2.45) is 5.92 Å². The molecule has 1 aliphatic rings. The minimum atomic E-state index is -1.14. The molecule has 0 fully saturated rings. The van der Waals surface area contributed by atoms with E-state index in [0.29, 0.717) is 29.3 Å². The van der Waals surface area contributed by atoms with E-state index in [2.05, 4.69) is 15.7 Å². The number of carbonyl (C=O) groups is 2. The first-order valence-corrected chi connectivity index (χ1v) is 9.68. The minimum Gasteiger partial charge on any atom is -0.394 e. The molecule has 4 rings (SSSR count). The van der Waals surface area contributed by atoms with Gasteiger partial charge in [-0.2, -0.15) is 10.4 Å². The number of nitrogen functional groups attached to an aromatic ring is 1. The van der Waals surface area contributed by atoms with Crippen LogP contribution in [0.4, 0.5) is 11.5 Å². The monoisotopic (exact) mass is 416 g/mol. The number of nitriles is 1. The second kappa shape index (κ2) is 8.30. The van der Waals surface area contributed by atoms with E-state index in [4.69, 9.17) is 16.1 Å². The molecule has 3 aromatic rings. The van der Waals surface area contributed by atoms with Gasteiger partial charge in [0.25, 0.3) is 5.91 Å². The summed E-state index contributed by atoms with van der Waals surface area (Å²) in [4.78, 5) is 24.0. The molecule has 1 unspecified atom stereocenters. The summed E-state index contributed by atoms with van der Waals surface area (Å²) in [5, 5.41) is 27.8. The molecule has 2 amide bonds. The number of aliphatic hydroxyl groups is 1. The summed E-state index contributed by atoms with van der Waals surface area (Å²) in [6, 6.07) is 14.2. The number of anilines is 2. The van der Waals surface area contributed by atoms with Gasteiger partial charge in [-0.25, -0.2) is 4.68 Å². The maximum atomic E-state index is 12.0. The second-order valence-corrected chi connectivity index (χ2v) is 7.15. The molecule has 0 bridgehead atoms. The zero-order chi connectivity index (χ0) is 22.0. The Morgan fingerprint density at radius 2 is 2.16 bits per heavy atom. The molecule has 1 atom stereocenters. The Balaban J connectivity index is 1.62. The van der Waals surface area contributed by atoms with Crippen LogP contribution in [0.5, 0.6) is 0 Å². The Morgan fingerprint density at radius 3 is 2.94 bits per heavy atom. The van der Waals surface area contributed by atoms with Gasteiger partial charge in [0.2, 0.25) is 5.91 Å². The maximum Gasteiger partial charge on any atom is 0.251 e. The standard InChI is InChI=1S/C22H20N6O3/c23-10-15(12-29)21(30)26-16-2-1-3-17(9-16)28-11-19(20(24)27-28)13-4-5-18-14(8-13)6-7-25-22(18)31/h1-5,8-9,11,15,29H,6-7,12H2,(H2,24,27)(H,25,31)(H,26,30). The Labute approximate surface area is 178 Å². The Bertz CT molecular complexity index is 1210. The largest absolute Gasteiger partial charge is 0.394 e. The van der Waals surface area contributed by atoms with Gasteiger partial charge in [-0.05, 0) is 41.8 Å². The number of nitrogens with zero attached hydrogens (tertiary/aromatic N) is 3. The highest BCUT2D eigenvalue weighted by molar-refractivity contribution is 5.97. The van der Waals surface area contributed by atoms with Gasteiger partial charge < -0.3 is 21.5 Å². The third kappa shape index (κ3) is 3.97. The first-order chi connectivity index (χ1) is 15.0. The van der Waals surface area contributed by atoms with Crippen LogP contribution in [0, 0.1) is 17.2 Å². The normalized spacial score (nSPS) is 13.6. The van der Waals surface area contributed by atoms with Gasteiger partial charge >= 0.3 is 0 Å². The van der Waals surface area contributed by atoms with Gasteiger partial charge in [-0.15, -0.1) is 0 Å². The molecule has 0 radical (unpaired) electrons. The topological polar surface area (TPSA) is 146 Å². The number of hydrogen-bond acceptors (Lipinski definition) is 6. The van der Waals surface area contributed by atoms with E-state index in [0.717, 1.165) is 23.1 Å². The average molecular weight is 416 g/mol. The fourth-order valence-corrected chi connectivity index (χ4v) is 3.48. The first-order valence-electron chi connectivity index (χ1n) is 9.68. The molecule has 156 valence electrons. The van der Waals surface area contributed by atoms with E-state index in [1.807, 2.05) is 12.1 Å². The van der Waals surface area contributed by atoms with Crippen LogP contribution in [0.25, 0.3) is 16.8 Å². The van der Waals surface area contributed by atoms with Gasteiger partial charge in [-0.3, -0.25) is 9.59 Å². The van der Waals surface area contributed by atoms with Crippen molar-refractivity contribution in [1.29, 1.82) is 5.26 Å². The highest BCUT2D eigenvalue weighted by Gasteiger charge is 2.19. The molecule has 0 spiro atoms. The fraction of sp³-hybridized carbons (Fsp3) is 0.182. The number of benzene rings is 2. The van der Waals surface area contributed by atoms with E-state index in [1.165, 1.54) is 0 Å². The zero-order valence-corrected chi connectivity index (χ0v) is 16.5. The third-order valence-electron chi connectivity index (χ3n) is 5.12. The van der Waals surface area contributed by atoms with Crippen molar-refractivity contribution in [2.45, 2.75) is 6.42 Å². The summed E-state index contributed by atoms with van der Waals surface area (Å²) in [6.45, 7) is 0.0506. The quantitative estimate of drug-likeness (QED) is 0.495. The van der Waals surface area contributed by atoms with Crippen molar-refractivity contribution >= 4 is 23.3 Å². The van der Waals surface area contributed by atoms with Gasteiger partial charge in [0.15, 0.2) is 5.82 Å². The van der Waals surface area contributed by atoms with Gasteiger partial charge in [0.1, 0.15) is 5.92 Å². The predicted octanol–water partition coefficient (Wildman–Crippen LogP) is 1.48. The molecular formula is C22H20N6O3. The van der Waals surface area contributed by atoms with Crippen molar-refractivity contribution in [3.63, 3.8) is 0 Å². The molecule has 0 saturated heterocycles. The van der Waals surface area contributed by atoms with Crippen molar-refractivity contribution in [1.82, 2.24) is 15.1 Å². The molecule has 0 saturated carbocycles. The predicted molar refractivity (Wildman–Crippen MR) is 114 cm³/mol. The second-order valence-electron chi connectivity index (χ2n) is 7.15. The van der Waals surface area contributed by atoms with Crippen LogP contribution < -0.4 is 16.4 Å². The highest BCUT2D eigenvalue weighted by Crippen LogP contribution is 2.29. The number of nitrogens with one attached hydrogen (secondary N) is 2. The van der Waals surface area contributed by atoms with Gasteiger partial charge in [-0.1, -0.05) is 18.2 Å². The smallest absolute Gasteiger partial charge is 0.251 e. The molecule has 9 heteroatoms. The number of carbonyl (C=O) groups excluding carboxylic acids is 2. The zero-order valence-electron chi connectivity index (χ0n) is 16.5. The van der Waals surface area contributed by atoms with Crippen molar-refractivity contribution in [2.75, 3.05) is 24.2 Å². The van der Waals surface area contributed by atoms with Crippen LogP contribution in [0.2, 0.25) is 0 Å². The number of aromatic nitrogens is 2. The molecule has 0 aliphatic carbocycles. The lowest BCUT2D eigenvalue weighted by Gasteiger charge is -2.17. The van der Waals surface area contributed by atoms with Gasteiger partial charge in [0, 0.05) is 29.6 Å². The summed E-state index contributed by atoms with van der Waals surface area (Å²) < 4.78 is 1.60. The molecule has 1 aromatic heterocycles. The number of fused-ring (bicyclic) bond motifs is 1. The lowest BCUT2D eigenvalue weighted by Crippen LogP contribution is -2.31. The van der Waals surface area contributed by atoms with Crippen molar-refractivity contribution in [3.05, 3.63) is 59.8 Å². The maximum absolute atomic E-state index is 12.0. The fourth-order valence-electron chi connectivity index (χ4n) is 3.48. The van der Waals surface area contributed by atoms with Crippen LogP contribution in [-0.4, -0.2) is 39.9 Å². The van der Waals surface area contributed by atoms with Crippen LogP contribution in [0.3, 0.4) is 0 Å². The van der Waals surface area contributed by atoms with Crippen LogP contribution >= 0.6 is 0 Å². The molecule has 2 aromatic carbocycles. The SMILES string of the molecule is N#CC(CO)C(=O)Nc1cccc(-n2cc(-c3ccc4c(c3)CCNC4=O)c(N)n2)c1. The lowest BCUT2D eigenvalue weighted by molar-refractivity contribution is -0.119. The van der Waals surface area contributed by atoms with Crippen LogP contribution in [0.15, 0.2) is 48.7 Å². The number of nitrogens with two attached hydrogens (primary N) is 1. The number of amides is 2. The van der Waals surface area contributed by atoms with E-state index in [9.17, 15) is 9.59 Å². The summed E-state index contributed by atoms with van der Waals surface area (Å²) in [5.74, 6) is -1.46. The van der Waals surface area contributed by atoms with E-state index >= 15 is 0 Å². The molecule has 1 aliphatic heterocycles. The summed E-state index contributed by atoms with van der Waals surface area (Å²) in [6.07, 6.45) is 2.54. The Morgan fingerprint density at radius 1 is 1.32 bits per heavy atom. The molecular weight excluding hydrogens is 396 g/mol. The summed E-state index contributed by atoms with van der Waals surface area (Å²) in [7, 11) is 0. The average Bonchev–Trinajstić information content (AvgIpc) is 3.16. The van der Waals surface area contributed by atoms with E-state index in [-0.39, 0.29) is 5.91 Å². The number of rotatable bonds is 5. The summed E-state index contributed by atoms with van der Waals surface area (Å²) in [5.41, 5.74) is 10.5. The van der Waals surface area contributed by atoms with Crippen molar-refractivity contribution < 1.29 is 14.7 Å². The van der Waals surface area contributed by atoms with Gasteiger partial charge in [0.05, 0.1) is 18.4 Å². The van der Waals surface area contributed by atoms with E-state index in [1.54, 1.807) is 47.3 Å². The third-order valence-corrected chi connectivity index (χ3v) is 5.12. The molecule has 31 heavy (non-hydrogen) atoms. The minimum absolute atomic E-state index is 0.0739. The first kappa shape index (κ1) is 20.1. The van der Waals surface area contributed by atoms with Crippen LogP contribution in [-0.2, 0) is 11.2 Å². The lowest BCUT2D eigenvalue weighted by atomic mass is 9.96. The Kier molecular flexibility index (Phi) is 5.39. The van der Waals surface area contributed by atoms with Crippen molar-refractivity contribution in [3.8, 4) is 22.9 Å². The molecule has 9 nitrogen and oxygen atoms in total. The summed E-state index contributed by atoms with van der Waals surface area (Å²) >= 11 is 0. The van der Waals surface area contributed by atoms with Crippen LogP contribution in [0.1, 0.15) is 15.9 Å². The number of aliphatic hydroxyl groups excluding tert-OH is 1. The highest BCUT2D eigenvalue weighted by atomic mass is 16.3. The molecule has 2 heterocycles. The molecule has 5 N–H and O–H groups in total. The number of hydrogen-bond donors (Lipinski definition) is 4.